The van der Waals surface area contributed by atoms with Gasteiger partial charge in [0, 0.05) is 18.5 Å². The third-order valence-corrected chi connectivity index (χ3v) is 3.31. The molecule has 0 saturated carbocycles. The lowest BCUT2D eigenvalue weighted by atomic mass is 10.2. The fourth-order valence-electron chi connectivity index (χ4n) is 2.33. The number of imidazole rings is 2. The van der Waals surface area contributed by atoms with Gasteiger partial charge in [-0.25, -0.2) is 15.0 Å². The Bertz CT molecular complexity index is 1020. The molecule has 3 N–H and O–H groups in total. The highest BCUT2D eigenvalue weighted by Gasteiger charge is 2.36. The van der Waals surface area contributed by atoms with Crippen LogP contribution in [0, 0.1) is 0 Å². The maximum atomic E-state index is 12.7. The molecule has 0 aliphatic rings. The maximum Gasteiger partial charge on any atom is 0.453 e. The van der Waals surface area contributed by atoms with Crippen molar-refractivity contribution in [2.45, 2.75) is 6.18 Å². The lowest BCUT2D eigenvalue weighted by Gasteiger charge is -2.00. The smallest absolute Gasteiger partial charge is 0.453 e. The van der Waals surface area contributed by atoms with Gasteiger partial charge in [0.15, 0.2) is 5.82 Å². The molecular weight excluding hydrogens is 327 g/mol. The van der Waals surface area contributed by atoms with Crippen molar-refractivity contribution in [1.29, 1.82) is 0 Å². The van der Waals surface area contributed by atoms with Crippen molar-refractivity contribution in [3.63, 3.8) is 0 Å². The first-order chi connectivity index (χ1) is 11.4. The van der Waals surface area contributed by atoms with E-state index in [0.717, 1.165) is 0 Å². The van der Waals surface area contributed by atoms with E-state index in [9.17, 15) is 18.3 Å². The summed E-state index contributed by atoms with van der Waals surface area (Å²) in [6.45, 7) is 0. The Balaban J connectivity index is 1.98. The second kappa shape index (κ2) is 4.81. The normalized spacial score (nSPS) is 12.1. The number of alkyl halides is 3. The standard InChI is InChI=1S/C13H8F3N7O/c14-13(15,16)12-20-11(21-22-12)9-10(7-4-17-5-18-7)23-2-1-6(24)3-8(23)19-9/h1-5,24H,(H,17,18)(H,20,21,22). The zero-order valence-corrected chi connectivity index (χ0v) is 11.7. The number of hydrogen-bond acceptors (Lipinski definition) is 5. The number of halogens is 3. The molecule has 0 atom stereocenters. The first-order valence-electron chi connectivity index (χ1n) is 6.63. The van der Waals surface area contributed by atoms with E-state index in [0.29, 0.717) is 17.0 Å². The highest BCUT2D eigenvalue weighted by atomic mass is 19.4. The Hall–Kier alpha value is -3.37. The molecule has 11 heteroatoms. The number of aromatic nitrogens is 7. The molecule has 0 amide bonds. The van der Waals surface area contributed by atoms with Crippen LogP contribution in [-0.4, -0.2) is 39.6 Å². The third kappa shape index (κ3) is 2.17. The Morgan fingerprint density at radius 3 is 2.71 bits per heavy atom. The van der Waals surface area contributed by atoms with E-state index in [2.05, 4.69) is 30.1 Å². The van der Waals surface area contributed by atoms with Gasteiger partial charge in [0.05, 0.1) is 6.33 Å². The van der Waals surface area contributed by atoms with Crippen LogP contribution >= 0.6 is 0 Å². The zero-order valence-electron chi connectivity index (χ0n) is 11.7. The van der Waals surface area contributed by atoms with E-state index in [1.807, 2.05) is 0 Å². The maximum absolute atomic E-state index is 12.7. The lowest BCUT2D eigenvalue weighted by molar-refractivity contribution is -0.144. The molecule has 4 heterocycles. The summed E-state index contributed by atoms with van der Waals surface area (Å²) in [5.74, 6) is -1.46. The molecule has 0 saturated heterocycles. The molecule has 0 unspecified atom stereocenters. The number of aromatic hydroxyl groups is 1. The first-order valence-corrected chi connectivity index (χ1v) is 6.63. The summed E-state index contributed by atoms with van der Waals surface area (Å²) in [5.41, 5.74) is 1.33. The number of hydrogen-bond donors (Lipinski definition) is 3. The monoisotopic (exact) mass is 335 g/mol. The van der Waals surface area contributed by atoms with Crippen LogP contribution in [0.1, 0.15) is 5.82 Å². The molecule has 4 rings (SSSR count). The van der Waals surface area contributed by atoms with Crippen LogP contribution in [0.15, 0.2) is 30.9 Å². The Kier molecular flexibility index (Phi) is 2.85. The van der Waals surface area contributed by atoms with Crippen LogP contribution in [0.25, 0.3) is 28.6 Å². The summed E-state index contributed by atoms with van der Waals surface area (Å²) in [6.07, 6.45) is -0.133. The average Bonchev–Trinajstić information content (AvgIpc) is 3.24. The van der Waals surface area contributed by atoms with E-state index in [1.165, 1.54) is 24.7 Å². The van der Waals surface area contributed by atoms with Crippen LogP contribution in [0.5, 0.6) is 5.75 Å². The summed E-state index contributed by atoms with van der Waals surface area (Å²) < 4.78 is 39.8. The van der Waals surface area contributed by atoms with Crippen LogP contribution in [0.4, 0.5) is 13.2 Å². The van der Waals surface area contributed by atoms with Gasteiger partial charge in [-0.1, -0.05) is 0 Å². The largest absolute Gasteiger partial charge is 0.508 e. The highest BCUT2D eigenvalue weighted by molar-refractivity contribution is 5.77. The number of H-pyrrole nitrogens is 2. The summed E-state index contributed by atoms with van der Waals surface area (Å²) in [5, 5.41) is 15.0. The van der Waals surface area contributed by atoms with Crippen molar-refractivity contribution in [2.75, 3.05) is 0 Å². The molecule has 0 spiro atoms. The van der Waals surface area contributed by atoms with E-state index in [1.54, 1.807) is 10.6 Å². The number of rotatable bonds is 2. The topological polar surface area (TPSA) is 108 Å². The SMILES string of the molecule is Oc1ccn2c(-c3c[nH]cn3)c(-c3nc(C(F)(F)F)n[nH]3)nc2c1. The number of fused-ring (bicyclic) bond motifs is 1. The van der Waals surface area contributed by atoms with E-state index in [4.69, 9.17) is 0 Å². The number of nitrogens with zero attached hydrogens (tertiary/aromatic N) is 5. The van der Waals surface area contributed by atoms with Crippen molar-refractivity contribution in [1.82, 2.24) is 34.5 Å². The Morgan fingerprint density at radius 1 is 1.21 bits per heavy atom. The van der Waals surface area contributed by atoms with Gasteiger partial charge in [0.2, 0.25) is 0 Å². The van der Waals surface area contributed by atoms with Gasteiger partial charge in [0.25, 0.3) is 5.82 Å². The van der Waals surface area contributed by atoms with Gasteiger partial charge in [-0.05, 0) is 6.07 Å². The molecule has 24 heavy (non-hydrogen) atoms. The molecule has 4 aromatic heterocycles. The van der Waals surface area contributed by atoms with Crippen LogP contribution < -0.4 is 0 Å². The minimum Gasteiger partial charge on any atom is -0.508 e. The summed E-state index contributed by atoms with van der Waals surface area (Å²) in [7, 11) is 0. The van der Waals surface area contributed by atoms with Crippen molar-refractivity contribution in [3.05, 3.63) is 36.7 Å². The third-order valence-electron chi connectivity index (χ3n) is 3.31. The first kappa shape index (κ1) is 14.2. The summed E-state index contributed by atoms with van der Waals surface area (Å²) in [4.78, 5) is 14.6. The minimum absolute atomic E-state index is 0.0267. The zero-order chi connectivity index (χ0) is 16.9. The molecule has 0 radical (unpaired) electrons. The van der Waals surface area contributed by atoms with Gasteiger partial charge in [0.1, 0.15) is 28.5 Å². The summed E-state index contributed by atoms with van der Waals surface area (Å²) in [6, 6.07) is 2.80. The Morgan fingerprint density at radius 2 is 2.04 bits per heavy atom. The van der Waals surface area contributed by atoms with E-state index >= 15 is 0 Å². The fourth-order valence-corrected chi connectivity index (χ4v) is 2.33. The van der Waals surface area contributed by atoms with Crippen LogP contribution in [-0.2, 0) is 6.18 Å². The van der Waals surface area contributed by atoms with E-state index < -0.39 is 12.0 Å². The molecule has 0 aliphatic heterocycles. The van der Waals surface area contributed by atoms with Crippen LogP contribution in [0.3, 0.4) is 0 Å². The van der Waals surface area contributed by atoms with Gasteiger partial charge in [-0.3, -0.25) is 9.50 Å². The van der Waals surface area contributed by atoms with Gasteiger partial charge < -0.3 is 10.1 Å². The van der Waals surface area contributed by atoms with Crippen molar-refractivity contribution >= 4 is 5.65 Å². The quantitative estimate of drug-likeness (QED) is 0.521. The van der Waals surface area contributed by atoms with Crippen molar-refractivity contribution < 1.29 is 18.3 Å². The average molecular weight is 335 g/mol. The number of aromatic amines is 2. The molecule has 8 nitrogen and oxygen atoms in total. The Labute approximate surface area is 131 Å². The van der Waals surface area contributed by atoms with Crippen molar-refractivity contribution in [2.24, 2.45) is 0 Å². The molecule has 0 bridgehead atoms. The number of nitrogens with one attached hydrogen (secondary N) is 2. The highest BCUT2D eigenvalue weighted by Crippen LogP contribution is 2.32. The van der Waals surface area contributed by atoms with Gasteiger partial charge in [-0.15, -0.1) is 5.10 Å². The fraction of sp³-hybridized carbons (Fsp3) is 0.0769. The molecule has 4 aromatic rings. The van der Waals surface area contributed by atoms with Gasteiger partial charge in [-0.2, -0.15) is 13.2 Å². The second-order valence-electron chi connectivity index (χ2n) is 4.88. The molecule has 0 fully saturated rings. The molecule has 122 valence electrons. The van der Waals surface area contributed by atoms with Crippen molar-refractivity contribution in [3.8, 4) is 28.7 Å². The predicted octanol–water partition coefficient (Wildman–Crippen LogP) is 2.23. The molecule has 0 aliphatic carbocycles. The number of pyridine rings is 1. The molecular formula is C13H8F3N7O. The predicted molar refractivity (Wildman–Crippen MR) is 74.8 cm³/mol. The summed E-state index contributed by atoms with van der Waals surface area (Å²) >= 11 is 0. The van der Waals surface area contributed by atoms with E-state index in [-0.39, 0.29) is 17.3 Å². The molecule has 0 aromatic carbocycles. The minimum atomic E-state index is -4.67. The second-order valence-corrected chi connectivity index (χ2v) is 4.88. The van der Waals surface area contributed by atoms with Gasteiger partial charge >= 0.3 is 6.18 Å². The lowest BCUT2D eigenvalue weighted by Crippen LogP contribution is -2.07. The van der Waals surface area contributed by atoms with Crippen LogP contribution in [0.2, 0.25) is 0 Å².